The summed E-state index contributed by atoms with van der Waals surface area (Å²) in [4.78, 5) is 41.1. The van der Waals surface area contributed by atoms with Crippen molar-refractivity contribution in [1.29, 1.82) is 0 Å². The molecule has 4 unspecified atom stereocenters. The van der Waals surface area contributed by atoms with Gasteiger partial charge in [-0.05, 0) is 52.4 Å². The van der Waals surface area contributed by atoms with Crippen LogP contribution >= 0.6 is 0 Å². The second kappa shape index (κ2) is 12.6. The van der Waals surface area contributed by atoms with Gasteiger partial charge in [0.15, 0.2) is 11.4 Å². The highest BCUT2D eigenvalue weighted by Crippen LogP contribution is 2.55. The summed E-state index contributed by atoms with van der Waals surface area (Å²) >= 11 is 0. The van der Waals surface area contributed by atoms with Crippen LogP contribution in [0, 0.1) is 36.5 Å². The molecule has 3 saturated heterocycles. The predicted molar refractivity (Wildman–Crippen MR) is 195 cm³/mol. The van der Waals surface area contributed by atoms with Crippen molar-refractivity contribution in [2.45, 2.75) is 111 Å². The molecule has 2 aromatic rings. The van der Waals surface area contributed by atoms with Crippen molar-refractivity contribution in [2.24, 2.45) is 39.6 Å². The van der Waals surface area contributed by atoms with Gasteiger partial charge in [0.25, 0.3) is 11.7 Å². The number of fused-ring (bicyclic) bond motifs is 5. The van der Waals surface area contributed by atoms with E-state index in [1.165, 1.54) is 0 Å². The lowest BCUT2D eigenvalue weighted by Gasteiger charge is -2.35. The SMILES string of the molecule is C/C(=C/C=C/[C@H](C)[C@H](O)[C@@H](C)[C@@H](O)C(C)C)C(=O)Nc1c(O)c2c(O)c(C)c3c(c2c2c1=N[C@]1(N=2)C2CC4CC1N(C4)C2)C(=O)[C@@](C)(OC(C)C)O3. The monoisotopic (exact) mass is 716 g/mol. The third kappa shape index (κ3) is 5.39. The van der Waals surface area contributed by atoms with Crippen molar-refractivity contribution in [3.05, 3.63) is 45.6 Å². The Kier molecular flexibility index (Phi) is 8.88. The smallest absolute Gasteiger partial charge is 0.272 e. The van der Waals surface area contributed by atoms with Crippen LogP contribution in [0.15, 0.2) is 33.8 Å². The zero-order chi connectivity index (χ0) is 37.8. The number of hydrogen-bond acceptors (Lipinski definition) is 11. The standard InChI is InChI=1S/C40H52N4O8/c1-17(2)32(45)21(7)33(46)19(5)11-10-12-20(6)38(50)41-31-30-29(42-40(43-30)24-13-23-14-25(40)44(15-23)16-24)26-27(35(31)48)34(47)22(8)36-28(26)37(49)39(9,52-36)51-18(3)4/h10-12,17-19,21,23-25,32-33,45-48H,13-16H2,1-9H3,(H,41,50)/b11-10+,20-12-/t19-,21-,23?,24?,25?,32-,33-,39-,40+/m0/s1. The summed E-state index contributed by atoms with van der Waals surface area (Å²) < 4.78 is 12.2. The van der Waals surface area contributed by atoms with Crippen molar-refractivity contribution < 1.29 is 39.5 Å². The number of benzene rings is 2. The average Bonchev–Trinajstić information content (AvgIpc) is 3.76. The zero-order valence-electron chi connectivity index (χ0n) is 31.5. The van der Waals surface area contributed by atoms with Gasteiger partial charge in [-0.1, -0.05) is 45.9 Å². The molecule has 1 aliphatic carbocycles. The molecule has 4 fully saturated rings. The molecular weight excluding hydrogens is 664 g/mol. The molecule has 12 nitrogen and oxygen atoms in total. The van der Waals surface area contributed by atoms with E-state index in [0.717, 1.165) is 25.9 Å². The van der Waals surface area contributed by atoms with E-state index in [4.69, 9.17) is 19.5 Å². The maximum atomic E-state index is 14.2. The number of carbonyl (C=O) groups is 2. The number of nitrogens with one attached hydrogen (secondary N) is 1. The maximum absolute atomic E-state index is 14.2. The number of ketones is 1. The molecule has 280 valence electrons. The van der Waals surface area contributed by atoms with Crippen LogP contribution in [0.3, 0.4) is 0 Å². The number of aromatic hydroxyl groups is 2. The first-order valence-electron chi connectivity index (χ1n) is 18.6. The van der Waals surface area contributed by atoms with E-state index < -0.39 is 41.1 Å². The van der Waals surface area contributed by atoms with Crippen molar-refractivity contribution in [3.8, 4) is 17.2 Å². The summed E-state index contributed by atoms with van der Waals surface area (Å²) in [6, 6.07) is 0.0476. The van der Waals surface area contributed by atoms with Gasteiger partial charge in [0, 0.05) is 54.3 Å². The molecule has 10 atom stereocenters. The number of Topliss-reactive ketones (excluding diaryl/α,β-unsaturated/α-hetero) is 1. The number of carbonyl (C=O) groups excluding carboxylic acids is 2. The summed E-state index contributed by atoms with van der Waals surface area (Å²) in [5, 5.41) is 48.7. The molecule has 8 rings (SSSR count). The molecule has 1 saturated carbocycles. The maximum Gasteiger partial charge on any atom is 0.272 e. The highest BCUT2D eigenvalue weighted by Gasteiger charge is 2.63. The van der Waals surface area contributed by atoms with Crippen LogP contribution in [0.25, 0.3) is 10.8 Å². The molecule has 4 bridgehead atoms. The molecule has 1 amide bonds. The number of allylic oxidation sites excluding steroid dienone is 2. The van der Waals surface area contributed by atoms with E-state index in [0.29, 0.717) is 16.8 Å². The molecule has 52 heavy (non-hydrogen) atoms. The van der Waals surface area contributed by atoms with Gasteiger partial charge in [0.05, 0.1) is 40.7 Å². The van der Waals surface area contributed by atoms with Crippen LogP contribution in [0.4, 0.5) is 5.69 Å². The van der Waals surface area contributed by atoms with Crippen molar-refractivity contribution in [1.82, 2.24) is 4.90 Å². The molecule has 2 aromatic carbocycles. The second-order valence-electron chi connectivity index (χ2n) is 16.5. The number of phenols is 2. The van der Waals surface area contributed by atoms with Crippen LogP contribution in [0.5, 0.6) is 17.2 Å². The fourth-order valence-corrected chi connectivity index (χ4v) is 9.39. The van der Waals surface area contributed by atoms with Crippen LogP contribution < -0.4 is 20.8 Å². The molecule has 1 spiro atoms. The molecule has 0 aromatic heterocycles. The van der Waals surface area contributed by atoms with Crippen LogP contribution in [-0.4, -0.2) is 85.9 Å². The number of hydrogen-bond donors (Lipinski definition) is 5. The Morgan fingerprint density at radius 1 is 1.02 bits per heavy atom. The number of aliphatic hydroxyl groups is 2. The summed E-state index contributed by atoms with van der Waals surface area (Å²) in [5.41, 5.74) is -0.112. The van der Waals surface area contributed by atoms with Gasteiger partial charge in [-0.3, -0.25) is 19.5 Å². The van der Waals surface area contributed by atoms with E-state index in [2.05, 4.69) is 10.2 Å². The van der Waals surface area contributed by atoms with Gasteiger partial charge in [0.1, 0.15) is 22.5 Å². The predicted octanol–water partition coefficient (Wildman–Crippen LogP) is 4.04. The lowest BCUT2D eigenvalue weighted by Crippen LogP contribution is -2.44. The van der Waals surface area contributed by atoms with Gasteiger partial charge in [0.2, 0.25) is 5.78 Å². The summed E-state index contributed by atoms with van der Waals surface area (Å²) in [6.07, 6.45) is 5.21. The number of anilines is 1. The van der Waals surface area contributed by atoms with Gasteiger partial charge in [-0.15, -0.1) is 0 Å². The van der Waals surface area contributed by atoms with Crippen molar-refractivity contribution in [2.75, 3.05) is 18.4 Å². The van der Waals surface area contributed by atoms with Crippen molar-refractivity contribution in [3.63, 3.8) is 0 Å². The number of ether oxygens (including phenoxy) is 2. The first-order chi connectivity index (χ1) is 24.4. The Balaban J connectivity index is 1.32. The molecule has 5 aliphatic heterocycles. The minimum Gasteiger partial charge on any atom is -0.507 e. The topological polar surface area (TPSA) is 174 Å². The fourth-order valence-electron chi connectivity index (χ4n) is 9.39. The molecule has 6 aliphatic rings. The number of rotatable bonds is 10. The summed E-state index contributed by atoms with van der Waals surface area (Å²) in [5.74, 6) is -3.09. The number of phenolic OH excluding ortho intramolecular Hbond substituents is 2. The Morgan fingerprint density at radius 3 is 2.37 bits per heavy atom. The first-order valence-corrected chi connectivity index (χ1v) is 18.6. The van der Waals surface area contributed by atoms with Crippen molar-refractivity contribution >= 4 is 28.2 Å². The Bertz CT molecular complexity index is 2050. The average molecular weight is 717 g/mol. The quantitative estimate of drug-likeness (QED) is 0.138. The highest BCUT2D eigenvalue weighted by molar-refractivity contribution is 6.19. The van der Waals surface area contributed by atoms with Crippen LogP contribution in [0.1, 0.15) is 84.2 Å². The van der Waals surface area contributed by atoms with E-state index in [9.17, 15) is 30.0 Å². The first kappa shape index (κ1) is 36.5. The van der Waals surface area contributed by atoms with E-state index in [1.807, 2.05) is 27.7 Å². The van der Waals surface area contributed by atoms with E-state index in [-0.39, 0.29) is 80.3 Å². The van der Waals surface area contributed by atoms with Crippen LogP contribution in [-0.2, 0) is 9.53 Å². The lowest BCUT2D eigenvalue weighted by atomic mass is 9.76. The van der Waals surface area contributed by atoms with Gasteiger partial charge in [-0.25, -0.2) is 4.99 Å². The molecule has 12 heteroatoms. The summed E-state index contributed by atoms with van der Waals surface area (Å²) in [7, 11) is 0. The third-order valence-electron chi connectivity index (χ3n) is 12.1. The lowest BCUT2D eigenvalue weighted by molar-refractivity contribution is -0.150. The molecule has 5 heterocycles. The number of piperidine rings is 1. The van der Waals surface area contributed by atoms with E-state index >= 15 is 0 Å². The molecule has 0 radical (unpaired) electrons. The van der Waals surface area contributed by atoms with Gasteiger partial charge < -0.3 is 35.2 Å². The second-order valence-corrected chi connectivity index (χ2v) is 16.5. The number of amides is 1. The molecule has 5 N–H and O–H groups in total. The largest absolute Gasteiger partial charge is 0.507 e. The Labute approximate surface area is 303 Å². The minimum absolute atomic E-state index is 0.00474. The Hall–Kier alpha value is -3.84. The molecular formula is C40H52N4O8. The Morgan fingerprint density at radius 2 is 1.71 bits per heavy atom. The number of nitrogens with zero attached hydrogens (tertiary/aromatic N) is 3. The number of aliphatic hydroxyl groups excluding tert-OH is 2. The van der Waals surface area contributed by atoms with Crippen LogP contribution in [0.2, 0.25) is 0 Å². The van der Waals surface area contributed by atoms with Gasteiger partial charge in [-0.2, -0.15) is 0 Å². The van der Waals surface area contributed by atoms with Gasteiger partial charge >= 0.3 is 0 Å². The van der Waals surface area contributed by atoms with E-state index in [1.54, 1.807) is 52.8 Å². The minimum atomic E-state index is -1.66. The summed E-state index contributed by atoms with van der Waals surface area (Å²) in [6.45, 7) is 17.7. The fraction of sp³-hybridized carbons (Fsp3) is 0.600. The normalized spacial score (nSPS) is 30.9. The third-order valence-corrected chi connectivity index (χ3v) is 12.1. The highest BCUT2D eigenvalue weighted by atomic mass is 16.7. The zero-order valence-corrected chi connectivity index (χ0v) is 31.5.